The maximum atomic E-state index is 11.8. The third kappa shape index (κ3) is 3.42. The van der Waals surface area contributed by atoms with Gasteiger partial charge in [0.15, 0.2) is 6.61 Å². The summed E-state index contributed by atoms with van der Waals surface area (Å²) >= 11 is 5.81. The number of carbonyl (C=O) groups is 2. The highest BCUT2D eigenvalue weighted by Crippen LogP contribution is 2.24. The van der Waals surface area contributed by atoms with Crippen molar-refractivity contribution in [2.75, 3.05) is 19.7 Å². The summed E-state index contributed by atoms with van der Waals surface area (Å²) in [6.07, 6.45) is 0. The van der Waals surface area contributed by atoms with E-state index in [1.807, 2.05) is 0 Å². The molecule has 0 radical (unpaired) electrons. The van der Waals surface area contributed by atoms with Crippen LogP contribution in [-0.2, 0) is 9.59 Å². The topological polar surface area (TPSA) is 66.8 Å². The SMILES string of the molecule is CC(C(=O)O)C1CN(C(=O)COc2cccc(Cl)c2)C1. The molecule has 1 saturated heterocycles. The highest BCUT2D eigenvalue weighted by molar-refractivity contribution is 6.30. The Kier molecular flexibility index (Phi) is 4.49. The van der Waals surface area contributed by atoms with Crippen molar-refractivity contribution in [1.29, 1.82) is 0 Å². The Balaban J connectivity index is 1.76. The zero-order chi connectivity index (χ0) is 14.7. The summed E-state index contributed by atoms with van der Waals surface area (Å²) in [5.74, 6) is -0.812. The predicted molar refractivity (Wildman–Crippen MR) is 73.8 cm³/mol. The van der Waals surface area contributed by atoms with Gasteiger partial charge in [-0.1, -0.05) is 24.6 Å². The number of ether oxygens (including phenoxy) is 1. The number of carboxylic acids is 1. The van der Waals surface area contributed by atoms with E-state index in [0.717, 1.165) is 0 Å². The number of benzene rings is 1. The molecule has 6 heteroatoms. The molecular weight excluding hydrogens is 282 g/mol. The lowest BCUT2D eigenvalue weighted by Crippen LogP contribution is -2.54. The molecule has 0 saturated carbocycles. The zero-order valence-electron chi connectivity index (χ0n) is 11.1. The first-order valence-corrected chi connectivity index (χ1v) is 6.74. The van der Waals surface area contributed by atoms with Crippen molar-refractivity contribution in [2.24, 2.45) is 11.8 Å². The number of hydrogen-bond acceptors (Lipinski definition) is 3. The number of likely N-dealkylation sites (tertiary alicyclic amines) is 1. The van der Waals surface area contributed by atoms with Crippen LogP contribution < -0.4 is 4.74 Å². The van der Waals surface area contributed by atoms with Crippen molar-refractivity contribution in [1.82, 2.24) is 4.90 Å². The first-order valence-electron chi connectivity index (χ1n) is 6.36. The van der Waals surface area contributed by atoms with Crippen molar-refractivity contribution in [3.8, 4) is 5.75 Å². The lowest BCUT2D eigenvalue weighted by atomic mass is 9.87. The molecule has 1 aromatic carbocycles. The average molecular weight is 298 g/mol. The summed E-state index contributed by atoms with van der Waals surface area (Å²) in [7, 11) is 0. The summed E-state index contributed by atoms with van der Waals surface area (Å²) in [5.41, 5.74) is 0. The molecular formula is C14H16ClNO4. The van der Waals surface area contributed by atoms with Crippen LogP contribution in [0.2, 0.25) is 5.02 Å². The highest BCUT2D eigenvalue weighted by atomic mass is 35.5. The average Bonchev–Trinajstić information content (AvgIpc) is 2.34. The summed E-state index contributed by atoms with van der Waals surface area (Å²) in [4.78, 5) is 24.3. The smallest absolute Gasteiger partial charge is 0.306 e. The van der Waals surface area contributed by atoms with Gasteiger partial charge in [-0.25, -0.2) is 0 Å². The van der Waals surface area contributed by atoms with E-state index >= 15 is 0 Å². The van der Waals surface area contributed by atoms with Crippen LogP contribution in [0.25, 0.3) is 0 Å². The fourth-order valence-electron chi connectivity index (χ4n) is 2.03. The fourth-order valence-corrected chi connectivity index (χ4v) is 2.21. The molecule has 20 heavy (non-hydrogen) atoms. The minimum atomic E-state index is -0.822. The van der Waals surface area contributed by atoms with Crippen molar-refractivity contribution in [3.63, 3.8) is 0 Å². The minimum Gasteiger partial charge on any atom is -0.484 e. The van der Waals surface area contributed by atoms with Gasteiger partial charge in [-0.05, 0) is 18.2 Å². The number of rotatable bonds is 5. The van der Waals surface area contributed by atoms with Crippen LogP contribution in [0.4, 0.5) is 0 Å². The molecule has 0 aliphatic carbocycles. The van der Waals surface area contributed by atoms with Crippen molar-refractivity contribution < 1.29 is 19.4 Å². The van der Waals surface area contributed by atoms with E-state index in [4.69, 9.17) is 21.4 Å². The first-order chi connectivity index (χ1) is 9.47. The number of amides is 1. The number of nitrogens with zero attached hydrogens (tertiary/aromatic N) is 1. The van der Waals surface area contributed by atoms with Crippen LogP contribution in [-0.4, -0.2) is 41.6 Å². The number of hydrogen-bond donors (Lipinski definition) is 1. The molecule has 1 amide bonds. The van der Waals surface area contributed by atoms with Crippen LogP contribution in [0.15, 0.2) is 24.3 Å². The summed E-state index contributed by atoms with van der Waals surface area (Å²) in [5, 5.41) is 9.43. The number of carboxylic acid groups (broad SMARTS) is 1. The minimum absolute atomic E-state index is 0.0302. The van der Waals surface area contributed by atoms with E-state index in [1.165, 1.54) is 0 Å². The van der Waals surface area contributed by atoms with Gasteiger partial charge in [-0.3, -0.25) is 9.59 Å². The summed E-state index contributed by atoms with van der Waals surface area (Å²) in [6.45, 7) is 2.56. The molecule has 108 valence electrons. The van der Waals surface area contributed by atoms with Gasteiger partial charge in [0.1, 0.15) is 5.75 Å². The molecule has 0 bridgehead atoms. The Morgan fingerprint density at radius 2 is 2.20 bits per heavy atom. The van der Waals surface area contributed by atoms with Crippen LogP contribution >= 0.6 is 11.6 Å². The van der Waals surface area contributed by atoms with Gasteiger partial charge in [-0.15, -0.1) is 0 Å². The molecule has 1 aromatic rings. The predicted octanol–water partition coefficient (Wildman–Crippen LogP) is 1.90. The second kappa shape index (κ2) is 6.13. The molecule has 2 rings (SSSR count). The second-order valence-electron chi connectivity index (χ2n) is 4.93. The Bertz CT molecular complexity index is 514. The normalized spacial score (nSPS) is 16.4. The lowest BCUT2D eigenvalue weighted by Gasteiger charge is -2.41. The maximum Gasteiger partial charge on any atom is 0.306 e. The van der Waals surface area contributed by atoms with Gasteiger partial charge < -0.3 is 14.7 Å². The number of aliphatic carboxylic acids is 1. The molecule has 1 aliphatic rings. The Labute approximate surface area is 122 Å². The Morgan fingerprint density at radius 1 is 1.50 bits per heavy atom. The maximum absolute atomic E-state index is 11.8. The Hall–Kier alpha value is -1.75. The largest absolute Gasteiger partial charge is 0.484 e. The molecule has 1 atom stereocenters. The number of carbonyl (C=O) groups excluding carboxylic acids is 1. The van der Waals surface area contributed by atoms with Gasteiger partial charge in [0.25, 0.3) is 5.91 Å². The first kappa shape index (κ1) is 14.7. The van der Waals surface area contributed by atoms with E-state index in [9.17, 15) is 9.59 Å². The van der Waals surface area contributed by atoms with Crippen molar-refractivity contribution in [3.05, 3.63) is 29.3 Å². The molecule has 1 fully saturated rings. The molecule has 1 heterocycles. The standard InChI is InChI=1S/C14H16ClNO4/c1-9(14(18)19)10-6-16(7-10)13(17)8-20-12-4-2-3-11(15)5-12/h2-5,9-10H,6-8H2,1H3,(H,18,19). The van der Waals surface area contributed by atoms with E-state index in [2.05, 4.69) is 0 Å². The molecule has 0 aromatic heterocycles. The van der Waals surface area contributed by atoms with E-state index in [1.54, 1.807) is 36.1 Å². The number of halogens is 1. The quantitative estimate of drug-likeness (QED) is 0.901. The summed E-state index contributed by atoms with van der Waals surface area (Å²) in [6, 6.07) is 6.84. The van der Waals surface area contributed by atoms with Gasteiger partial charge in [0.05, 0.1) is 5.92 Å². The fraction of sp³-hybridized carbons (Fsp3) is 0.429. The van der Waals surface area contributed by atoms with Gasteiger partial charge in [0, 0.05) is 24.0 Å². The zero-order valence-corrected chi connectivity index (χ0v) is 11.8. The van der Waals surface area contributed by atoms with Crippen LogP contribution in [0, 0.1) is 11.8 Å². The molecule has 0 spiro atoms. The van der Waals surface area contributed by atoms with Crippen LogP contribution in [0.5, 0.6) is 5.75 Å². The third-order valence-corrected chi connectivity index (χ3v) is 3.75. The molecule has 1 N–H and O–H groups in total. The monoisotopic (exact) mass is 297 g/mol. The van der Waals surface area contributed by atoms with E-state index < -0.39 is 11.9 Å². The summed E-state index contributed by atoms with van der Waals surface area (Å²) < 4.78 is 5.36. The third-order valence-electron chi connectivity index (χ3n) is 3.52. The lowest BCUT2D eigenvalue weighted by molar-refractivity contribution is -0.151. The second-order valence-corrected chi connectivity index (χ2v) is 5.37. The van der Waals surface area contributed by atoms with Crippen LogP contribution in [0.1, 0.15) is 6.92 Å². The van der Waals surface area contributed by atoms with E-state index in [-0.39, 0.29) is 18.4 Å². The van der Waals surface area contributed by atoms with Gasteiger partial charge in [-0.2, -0.15) is 0 Å². The van der Waals surface area contributed by atoms with Gasteiger partial charge >= 0.3 is 5.97 Å². The molecule has 1 unspecified atom stereocenters. The van der Waals surface area contributed by atoms with Gasteiger partial charge in [0.2, 0.25) is 0 Å². The van der Waals surface area contributed by atoms with Crippen molar-refractivity contribution >= 4 is 23.5 Å². The van der Waals surface area contributed by atoms with Crippen molar-refractivity contribution in [2.45, 2.75) is 6.92 Å². The van der Waals surface area contributed by atoms with E-state index in [0.29, 0.717) is 23.9 Å². The molecule has 1 aliphatic heterocycles. The Morgan fingerprint density at radius 3 is 2.80 bits per heavy atom. The molecule has 5 nitrogen and oxygen atoms in total. The highest BCUT2D eigenvalue weighted by Gasteiger charge is 2.37. The van der Waals surface area contributed by atoms with Crippen LogP contribution in [0.3, 0.4) is 0 Å².